The molecule has 0 radical (unpaired) electrons. The van der Waals surface area contributed by atoms with E-state index in [0.717, 1.165) is 6.42 Å². The molecule has 1 saturated heterocycles. The summed E-state index contributed by atoms with van der Waals surface area (Å²) in [7, 11) is 0. The second kappa shape index (κ2) is 5.34. The summed E-state index contributed by atoms with van der Waals surface area (Å²) in [5, 5.41) is 0. The molecule has 0 saturated carbocycles. The fourth-order valence-corrected chi connectivity index (χ4v) is 2.21. The van der Waals surface area contributed by atoms with Crippen LogP contribution in [0.15, 0.2) is 60.7 Å². The van der Waals surface area contributed by atoms with Gasteiger partial charge in [-0.15, -0.1) is 0 Å². The molecule has 1 fully saturated rings. The molecular formula is C16H16O2. The molecule has 1 aliphatic heterocycles. The quantitative estimate of drug-likeness (QED) is 0.819. The van der Waals surface area contributed by atoms with Crippen LogP contribution in [0, 0.1) is 0 Å². The van der Waals surface area contributed by atoms with Crippen LogP contribution in [0.3, 0.4) is 0 Å². The van der Waals surface area contributed by atoms with Gasteiger partial charge in [-0.25, -0.2) is 0 Å². The number of ether oxygens (including phenoxy) is 2. The molecule has 2 atom stereocenters. The number of rotatable bonds is 3. The van der Waals surface area contributed by atoms with Gasteiger partial charge in [0, 0.05) is 6.42 Å². The summed E-state index contributed by atoms with van der Waals surface area (Å²) >= 11 is 0. The summed E-state index contributed by atoms with van der Waals surface area (Å²) in [5.74, 6) is 0. The van der Waals surface area contributed by atoms with Gasteiger partial charge in [0.25, 0.3) is 0 Å². The van der Waals surface area contributed by atoms with E-state index in [1.54, 1.807) is 0 Å². The van der Waals surface area contributed by atoms with Crippen molar-refractivity contribution in [1.82, 2.24) is 0 Å². The Morgan fingerprint density at radius 2 is 1.56 bits per heavy atom. The summed E-state index contributed by atoms with van der Waals surface area (Å²) < 4.78 is 11.6. The van der Waals surface area contributed by atoms with E-state index in [-0.39, 0.29) is 12.4 Å². The maximum Gasteiger partial charge on any atom is 0.162 e. The highest BCUT2D eigenvalue weighted by atomic mass is 16.7. The fourth-order valence-electron chi connectivity index (χ4n) is 2.21. The highest BCUT2D eigenvalue weighted by Crippen LogP contribution is 2.27. The van der Waals surface area contributed by atoms with E-state index in [1.165, 1.54) is 11.1 Å². The molecule has 18 heavy (non-hydrogen) atoms. The summed E-state index contributed by atoms with van der Waals surface area (Å²) in [5.41, 5.74) is 2.43. The third kappa shape index (κ3) is 2.61. The Morgan fingerprint density at radius 1 is 0.889 bits per heavy atom. The SMILES string of the molecule is c1ccc(C[C@H]2OC[C@@H](c3ccccc3)O2)cc1. The van der Waals surface area contributed by atoms with Crippen molar-refractivity contribution in [1.29, 1.82) is 0 Å². The highest BCUT2D eigenvalue weighted by molar-refractivity contribution is 5.19. The van der Waals surface area contributed by atoms with Crippen molar-refractivity contribution in [3.63, 3.8) is 0 Å². The van der Waals surface area contributed by atoms with Gasteiger partial charge < -0.3 is 9.47 Å². The van der Waals surface area contributed by atoms with Crippen LogP contribution in [-0.2, 0) is 15.9 Å². The van der Waals surface area contributed by atoms with Gasteiger partial charge in [0.2, 0.25) is 0 Å². The van der Waals surface area contributed by atoms with Gasteiger partial charge in [0.05, 0.1) is 6.61 Å². The normalized spacial score (nSPS) is 23.1. The highest BCUT2D eigenvalue weighted by Gasteiger charge is 2.26. The average molecular weight is 240 g/mol. The molecule has 2 nitrogen and oxygen atoms in total. The zero-order chi connectivity index (χ0) is 12.2. The summed E-state index contributed by atoms with van der Waals surface area (Å²) in [6, 6.07) is 20.5. The third-order valence-electron chi connectivity index (χ3n) is 3.17. The summed E-state index contributed by atoms with van der Waals surface area (Å²) in [6.07, 6.45) is 0.752. The zero-order valence-corrected chi connectivity index (χ0v) is 10.2. The molecule has 3 rings (SSSR count). The van der Waals surface area contributed by atoms with Crippen molar-refractivity contribution in [2.75, 3.05) is 6.61 Å². The Hall–Kier alpha value is -1.64. The molecule has 2 aromatic carbocycles. The molecule has 1 heterocycles. The van der Waals surface area contributed by atoms with Crippen LogP contribution in [0.5, 0.6) is 0 Å². The molecule has 0 bridgehead atoms. The lowest BCUT2D eigenvalue weighted by Gasteiger charge is -2.11. The zero-order valence-electron chi connectivity index (χ0n) is 10.2. The molecule has 0 aromatic heterocycles. The van der Waals surface area contributed by atoms with Crippen LogP contribution in [0.2, 0.25) is 0 Å². The minimum absolute atomic E-state index is 0.0694. The topological polar surface area (TPSA) is 18.5 Å². The lowest BCUT2D eigenvalue weighted by molar-refractivity contribution is -0.0563. The minimum Gasteiger partial charge on any atom is -0.349 e. The van der Waals surface area contributed by atoms with E-state index in [4.69, 9.17) is 9.47 Å². The first-order chi connectivity index (χ1) is 8.92. The molecule has 0 N–H and O–H groups in total. The van der Waals surface area contributed by atoms with Crippen LogP contribution in [0.4, 0.5) is 0 Å². The molecular weight excluding hydrogens is 224 g/mol. The van der Waals surface area contributed by atoms with Crippen LogP contribution >= 0.6 is 0 Å². The van der Waals surface area contributed by atoms with Gasteiger partial charge in [0.15, 0.2) is 6.29 Å². The van der Waals surface area contributed by atoms with E-state index in [1.807, 2.05) is 36.4 Å². The maximum atomic E-state index is 5.93. The number of hydrogen-bond acceptors (Lipinski definition) is 2. The van der Waals surface area contributed by atoms with Gasteiger partial charge in [-0.1, -0.05) is 60.7 Å². The molecule has 2 heteroatoms. The largest absolute Gasteiger partial charge is 0.349 e. The molecule has 2 aromatic rings. The van der Waals surface area contributed by atoms with Crippen LogP contribution in [0.25, 0.3) is 0 Å². The van der Waals surface area contributed by atoms with Crippen molar-refractivity contribution >= 4 is 0 Å². The lowest BCUT2D eigenvalue weighted by atomic mass is 10.1. The van der Waals surface area contributed by atoms with Crippen LogP contribution < -0.4 is 0 Å². The molecule has 1 aliphatic rings. The monoisotopic (exact) mass is 240 g/mol. The van der Waals surface area contributed by atoms with E-state index < -0.39 is 0 Å². The molecule has 0 aliphatic carbocycles. The standard InChI is InChI=1S/C16H16O2/c1-3-7-13(8-4-1)11-16-17-12-15(18-16)14-9-5-2-6-10-14/h1-10,15-16H,11-12H2/t15-,16-/m0/s1. The Bertz CT molecular complexity index is 481. The first kappa shape index (κ1) is 11.5. The van der Waals surface area contributed by atoms with Gasteiger partial charge in [-0.05, 0) is 11.1 Å². The van der Waals surface area contributed by atoms with Crippen LogP contribution in [0.1, 0.15) is 17.2 Å². The Morgan fingerprint density at radius 3 is 2.28 bits per heavy atom. The molecule has 92 valence electrons. The van der Waals surface area contributed by atoms with Gasteiger partial charge >= 0.3 is 0 Å². The van der Waals surface area contributed by atoms with Crippen molar-refractivity contribution in [3.05, 3.63) is 71.8 Å². The second-order valence-corrected chi connectivity index (χ2v) is 4.49. The molecule has 0 amide bonds. The number of hydrogen-bond donors (Lipinski definition) is 0. The van der Waals surface area contributed by atoms with Crippen molar-refractivity contribution in [3.8, 4) is 0 Å². The first-order valence-electron chi connectivity index (χ1n) is 6.28. The fraction of sp³-hybridized carbons (Fsp3) is 0.250. The van der Waals surface area contributed by atoms with E-state index in [0.29, 0.717) is 6.61 Å². The second-order valence-electron chi connectivity index (χ2n) is 4.49. The van der Waals surface area contributed by atoms with E-state index >= 15 is 0 Å². The summed E-state index contributed by atoms with van der Waals surface area (Å²) in [4.78, 5) is 0. The summed E-state index contributed by atoms with van der Waals surface area (Å²) in [6.45, 7) is 0.640. The van der Waals surface area contributed by atoms with Gasteiger partial charge in [0.1, 0.15) is 6.10 Å². The molecule has 0 spiro atoms. The van der Waals surface area contributed by atoms with Crippen molar-refractivity contribution < 1.29 is 9.47 Å². The Kier molecular flexibility index (Phi) is 3.40. The predicted molar refractivity (Wildman–Crippen MR) is 70.2 cm³/mol. The van der Waals surface area contributed by atoms with E-state index in [2.05, 4.69) is 24.3 Å². The minimum atomic E-state index is -0.127. The van der Waals surface area contributed by atoms with Gasteiger partial charge in [-0.3, -0.25) is 0 Å². The predicted octanol–water partition coefficient (Wildman–Crippen LogP) is 3.34. The molecule has 0 unspecified atom stereocenters. The number of benzene rings is 2. The Balaban J connectivity index is 1.62. The third-order valence-corrected chi connectivity index (χ3v) is 3.17. The van der Waals surface area contributed by atoms with Crippen molar-refractivity contribution in [2.45, 2.75) is 18.8 Å². The average Bonchev–Trinajstić information content (AvgIpc) is 2.89. The lowest BCUT2D eigenvalue weighted by Crippen LogP contribution is -2.11. The van der Waals surface area contributed by atoms with Gasteiger partial charge in [-0.2, -0.15) is 0 Å². The first-order valence-corrected chi connectivity index (χ1v) is 6.28. The smallest absolute Gasteiger partial charge is 0.162 e. The van der Waals surface area contributed by atoms with Crippen LogP contribution in [-0.4, -0.2) is 12.9 Å². The Labute approximate surface area is 107 Å². The van der Waals surface area contributed by atoms with Crippen molar-refractivity contribution in [2.24, 2.45) is 0 Å². The maximum absolute atomic E-state index is 5.93. The van der Waals surface area contributed by atoms with E-state index in [9.17, 15) is 0 Å².